The highest BCUT2D eigenvalue weighted by Gasteiger charge is 2.29. The molecule has 0 aromatic heterocycles. The Hall–Kier alpha value is -2.81. The smallest absolute Gasteiger partial charge is 0.407 e. The maximum absolute atomic E-state index is 11.6. The second-order valence-electron chi connectivity index (χ2n) is 5.99. The summed E-state index contributed by atoms with van der Waals surface area (Å²) in [6, 6.07) is 5.00. The summed E-state index contributed by atoms with van der Waals surface area (Å²) in [5.74, 6) is 4.61. The number of fused-ring (bicyclic) bond motifs is 1. The summed E-state index contributed by atoms with van der Waals surface area (Å²) in [5.41, 5.74) is 0.841. The van der Waals surface area contributed by atoms with Crippen molar-refractivity contribution in [2.24, 2.45) is 0 Å². The molecule has 23 heavy (non-hydrogen) atoms. The largest absolute Gasteiger partial charge is 0.444 e. The number of benzene rings is 1. The first-order chi connectivity index (χ1) is 10.8. The highest BCUT2D eigenvalue weighted by Crippen LogP contribution is 2.26. The van der Waals surface area contributed by atoms with Gasteiger partial charge in [-0.25, -0.2) is 4.79 Å². The third-order valence-corrected chi connectivity index (χ3v) is 2.90. The number of hydrogen-bond donors (Lipinski definition) is 2. The van der Waals surface area contributed by atoms with Gasteiger partial charge in [0.25, 0.3) is 11.7 Å². The van der Waals surface area contributed by atoms with Crippen LogP contribution in [0.25, 0.3) is 0 Å². The minimum atomic E-state index is -0.638. The summed E-state index contributed by atoms with van der Waals surface area (Å²) in [7, 11) is 0. The van der Waals surface area contributed by atoms with Gasteiger partial charge in [-0.05, 0) is 32.9 Å². The molecule has 6 nitrogen and oxygen atoms in total. The zero-order valence-corrected chi connectivity index (χ0v) is 13.3. The molecule has 0 atom stereocenters. The Kier molecular flexibility index (Phi) is 4.70. The summed E-state index contributed by atoms with van der Waals surface area (Å²) < 4.78 is 5.10. The van der Waals surface area contributed by atoms with Crippen molar-refractivity contribution in [3.63, 3.8) is 0 Å². The molecule has 1 aliphatic heterocycles. The molecule has 0 bridgehead atoms. The Morgan fingerprint density at radius 3 is 2.74 bits per heavy atom. The summed E-state index contributed by atoms with van der Waals surface area (Å²) in [5, 5.41) is 5.12. The predicted octanol–water partition coefficient (Wildman–Crippen LogP) is 2.09. The Morgan fingerprint density at radius 2 is 2.04 bits per heavy atom. The first-order valence-corrected chi connectivity index (χ1v) is 7.22. The Morgan fingerprint density at radius 1 is 1.30 bits per heavy atom. The van der Waals surface area contributed by atoms with Crippen molar-refractivity contribution in [3.05, 3.63) is 29.3 Å². The van der Waals surface area contributed by atoms with E-state index in [-0.39, 0.29) is 0 Å². The van der Waals surface area contributed by atoms with Gasteiger partial charge in [-0.15, -0.1) is 0 Å². The highest BCUT2D eigenvalue weighted by molar-refractivity contribution is 6.51. The van der Waals surface area contributed by atoms with E-state index in [0.29, 0.717) is 29.8 Å². The molecule has 2 N–H and O–H groups in total. The van der Waals surface area contributed by atoms with Crippen molar-refractivity contribution < 1.29 is 19.1 Å². The van der Waals surface area contributed by atoms with Gasteiger partial charge in [0.2, 0.25) is 0 Å². The van der Waals surface area contributed by atoms with E-state index < -0.39 is 23.4 Å². The normalized spacial score (nSPS) is 12.8. The van der Waals surface area contributed by atoms with Gasteiger partial charge in [0.05, 0.1) is 11.3 Å². The zero-order valence-electron chi connectivity index (χ0n) is 13.3. The molecule has 6 heteroatoms. The monoisotopic (exact) mass is 314 g/mol. The van der Waals surface area contributed by atoms with E-state index >= 15 is 0 Å². The van der Waals surface area contributed by atoms with Crippen LogP contribution in [0.15, 0.2) is 18.2 Å². The van der Waals surface area contributed by atoms with Crippen LogP contribution in [-0.2, 0) is 9.53 Å². The second kappa shape index (κ2) is 6.53. The lowest BCUT2D eigenvalue weighted by Gasteiger charge is -2.19. The number of nitrogens with one attached hydrogen (secondary N) is 2. The topological polar surface area (TPSA) is 84.5 Å². The number of rotatable bonds is 2. The van der Waals surface area contributed by atoms with Crippen LogP contribution in [0.2, 0.25) is 0 Å². The number of carbonyl (C=O) groups excluding carboxylic acids is 3. The van der Waals surface area contributed by atoms with Crippen molar-refractivity contribution in [2.45, 2.75) is 32.8 Å². The molecule has 1 heterocycles. The van der Waals surface area contributed by atoms with Crippen molar-refractivity contribution in [3.8, 4) is 11.8 Å². The van der Waals surface area contributed by atoms with Crippen LogP contribution in [-0.4, -0.2) is 29.9 Å². The third kappa shape index (κ3) is 4.33. The number of ketones is 1. The molecule has 120 valence electrons. The van der Waals surface area contributed by atoms with Gasteiger partial charge in [0, 0.05) is 18.5 Å². The SMILES string of the molecule is CC(C)(C)OC(=O)NCCC#Cc1cccc2c1NC(=O)C2=O. The molecule has 0 saturated heterocycles. The van der Waals surface area contributed by atoms with E-state index in [9.17, 15) is 14.4 Å². The molecule has 0 radical (unpaired) electrons. The molecule has 0 fully saturated rings. The molecule has 1 aromatic carbocycles. The molecule has 1 aliphatic rings. The number of carbonyl (C=O) groups is 3. The van der Waals surface area contributed by atoms with Crippen LogP contribution in [0, 0.1) is 11.8 Å². The molecule has 0 saturated carbocycles. The van der Waals surface area contributed by atoms with E-state index in [4.69, 9.17) is 4.74 Å². The van der Waals surface area contributed by atoms with Crippen molar-refractivity contribution in [2.75, 3.05) is 11.9 Å². The quantitative estimate of drug-likeness (QED) is 0.497. The number of Topliss-reactive ketones (excluding diaryl/α,β-unsaturated/α-hetero) is 1. The van der Waals surface area contributed by atoms with Gasteiger partial charge in [-0.3, -0.25) is 9.59 Å². The van der Waals surface area contributed by atoms with Crippen LogP contribution in [0.4, 0.5) is 10.5 Å². The number of alkyl carbamates (subject to hydrolysis) is 1. The maximum Gasteiger partial charge on any atom is 0.407 e. The fourth-order valence-corrected chi connectivity index (χ4v) is 1.97. The Labute approximate surface area is 134 Å². The summed E-state index contributed by atoms with van der Waals surface area (Å²) >= 11 is 0. The summed E-state index contributed by atoms with van der Waals surface area (Å²) in [6.45, 7) is 5.72. The number of para-hydroxylation sites is 1. The van der Waals surface area contributed by atoms with Gasteiger partial charge in [0.1, 0.15) is 5.60 Å². The van der Waals surface area contributed by atoms with Gasteiger partial charge in [-0.1, -0.05) is 17.9 Å². The minimum Gasteiger partial charge on any atom is -0.444 e. The fourth-order valence-electron chi connectivity index (χ4n) is 1.97. The first-order valence-electron chi connectivity index (χ1n) is 7.22. The number of amides is 2. The average Bonchev–Trinajstić information content (AvgIpc) is 2.73. The molecule has 0 spiro atoms. The predicted molar refractivity (Wildman–Crippen MR) is 85.1 cm³/mol. The van der Waals surface area contributed by atoms with Gasteiger partial charge in [0.15, 0.2) is 0 Å². The van der Waals surface area contributed by atoms with Gasteiger partial charge >= 0.3 is 6.09 Å². The molecule has 2 rings (SSSR count). The lowest BCUT2D eigenvalue weighted by Crippen LogP contribution is -2.32. The summed E-state index contributed by atoms with van der Waals surface area (Å²) in [4.78, 5) is 34.4. The van der Waals surface area contributed by atoms with Crippen LogP contribution in [0.1, 0.15) is 43.1 Å². The zero-order chi connectivity index (χ0) is 17.0. The van der Waals surface area contributed by atoms with E-state index in [1.807, 2.05) is 0 Å². The average molecular weight is 314 g/mol. The molecule has 0 unspecified atom stereocenters. The molecular formula is C17H18N2O4. The molecule has 1 aromatic rings. The number of anilines is 1. The third-order valence-electron chi connectivity index (χ3n) is 2.90. The molecular weight excluding hydrogens is 296 g/mol. The van der Waals surface area contributed by atoms with E-state index in [2.05, 4.69) is 22.5 Å². The number of hydrogen-bond acceptors (Lipinski definition) is 4. The lowest BCUT2D eigenvalue weighted by atomic mass is 10.1. The highest BCUT2D eigenvalue weighted by atomic mass is 16.6. The van der Waals surface area contributed by atoms with Gasteiger partial charge in [-0.2, -0.15) is 0 Å². The van der Waals surface area contributed by atoms with Gasteiger partial charge < -0.3 is 15.4 Å². The molecule has 0 aliphatic carbocycles. The Balaban J connectivity index is 1.91. The van der Waals surface area contributed by atoms with Crippen LogP contribution >= 0.6 is 0 Å². The Bertz CT molecular complexity index is 720. The van der Waals surface area contributed by atoms with Crippen LogP contribution < -0.4 is 10.6 Å². The minimum absolute atomic E-state index is 0.341. The van der Waals surface area contributed by atoms with Crippen molar-refractivity contribution in [1.29, 1.82) is 0 Å². The van der Waals surface area contributed by atoms with Crippen molar-refractivity contribution >= 4 is 23.5 Å². The standard InChI is InChI=1S/C17H18N2O4/c1-17(2,3)23-16(22)18-10-5-4-7-11-8-6-9-12-13(11)19-15(21)14(12)20/h6,8-9H,5,10H2,1-3H3,(H,18,22)(H,19,20,21). The number of ether oxygens (including phenoxy) is 1. The van der Waals surface area contributed by atoms with Crippen LogP contribution in [0.3, 0.4) is 0 Å². The first kappa shape index (κ1) is 16.6. The van der Waals surface area contributed by atoms with Crippen molar-refractivity contribution in [1.82, 2.24) is 5.32 Å². The maximum atomic E-state index is 11.6. The van der Waals surface area contributed by atoms with E-state index in [0.717, 1.165) is 0 Å². The van der Waals surface area contributed by atoms with Crippen LogP contribution in [0.5, 0.6) is 0 Å². The molecule has 2 amide bonds. The second-order valence-corrected chi connectivity index (χ2v) is 5.99. The lowest BCUT2D eigenvalue weighted by molar-refractivity contribution is -0.112. The summed E-state index contributed by atoms with van der Waals surface area (Å²) in [6.07, 6.45) is -0.0668. The fraction of sp³-hybridized carbons (Fsp3) is 0.353. The van der Waals surface area contributed by atoms with E-state index in [1.165, 1.54) is 0 Å². The van der Waals surface area contributed by atoms with E-state index in [1.54, 1.807) is 39.0 Å².